The van der Waals surface area contributed by atoms with Crippen LogP contribution < -0.4 is 16.8 Å². The number of nitrogens with zero attached hydrogens (tertiary/aromatic N) is 4. The lowest BCUT2D eigenvalue weighted by Gasteiger charge is -2.15. The fourth-order valence-corrected chi connectivity index (χ4v) is 4.53. The number of anilines is 3. The van der Waals surface area contributed by atoms with Gasteiger partial charge in [0.2, 0.25) is 5.95 Å². The van der Waals surface area contributed by atoms with Crippen molar-refractivity contribution in [1.82, 2.24) is 15.0 Å². The second-order valence-corrected chi connectivity index (χ2v) is 9.56. The van der Waals surface area contributed by atoms with Gasteiger partial charge in [0.1, 0.15) is 23.3 Å². The van der Waals surface area contributed by atoms with Gasteiger partial charge in [-0.1, -0.05) is 18.2 Å². The molecule has 0 atom stereocenters. The predicted molar refractivity (Wildman–Crippen MR) is 128 cm³/mol. The molecule has 0 aliphatic carbocycles. The number of nitrogen functional groups attached to an aromatic ring is 2. The first kappa shape index (κ1) is 22.9. The summed E-state index contributed by atoms with van der Waals surface area (Å²) >= 11 is 0. The van der Waals surface area contributed by atoms with Crippen LogP contribution in [0.25, 0.3) is 22.2 Å². The van der Waals surface area contributed by atoms with Crippen LogP contribution in [-0.4, -0.2) is 36.2 Å². The Kier molecular flexibility index (Phi) is 6.00. The lowest BCUT2D eigenvalue weighted by atomic mass is 10.0. The van der Waals surface area contributed by atoms with E-state index in [1.165, 1.54) is 18.2 Å². The van der Waals surface area contributed by atoms with Gasteiger partial charge in [-0.15, -0.1) is 0 Å². The Labute approximate surface area is 195 Å². The van der Waals surface area contributed by atoms with E-state index >= 15 is 0 Å². The van der Waals surface area contributed by atoms with Gasteiger partial charge < -0.3 is 16.8 Å². The minimum Gasteiger partial charge on any atom is -0.382 e. The van der Waals surface area contributed by atoms with Crippen LogP contribution in [0.3, 0.4) is 0 Å². The summed E-state index contributed by atoms with van der Waals surface area (Å²) in [4.78, 5) is 12.6. The number of pyridine rings is 1. The van der Waals surface area contributed by atoms with E-state index < -0.39 is 15.7 Å². The minimum atomic E-state index is -3.55. The maximum atomic E-state index is 13.9. The van der Waals surface area contributed by atoms with Crippen molar-refractivity contribution in [3.63, 3.8) is 0 Å². The molecule has 0 amide bonds. The topological polar surface area (TPSA) is 161 Å². The van der Waals surface area contributed by atoms with Crippen molar-refractivity contribution in [2.45, 2.75) is 11.3 Å². The van der Waals surface area contributed by atoms with E-state index in [0.717, 1.165) is 11.8 Å². The Hall–Kier alpha value is -4.30. The van der Waals surface area contributed by atoms with Gasteiger partial charge >= 0.3 is 0 Å². The molecule has 4 aromatic rings. The highest BCUT2D eigenvalue weighted by atomic mass is 32.2. The Morgan fingerprint density at radius 2 is 1.85 bits per heavy atom. The highest BCUT2D eigenvalue weighted by Gasteiger charge is 2.19. The lowest BCUT2D eigenvalue weighted by molar-refractivity contribution is 0.602. The number of hydrogen-bond donors (Lipinski definition) is 3. The number of benzene rings is 2. The molecule has 2 aromatic heterocycles. The number of nitrogens with two attached hydrogens (primary N) is 2. The third-order valence-electron chi connectivity index (χ3n) is 5.15. The van der Waals surface area contributed by atoms with Crippen LogP contribution in [0.15, 0.2) is 53.4 Å². The zero-order chi connectivity index (χ0) is 24.5. The Morgan fingerprint density at radius 3 is 2.59 bits per heavy atom. The smallest absolute Gasteiger partial charge is 0.224 e. The average Bonchev–Trinajstić information content (AvgIpc) is 2.78. The summed E-state index contributed by atoms with van der Waals surface area (Å²) in [6, 6.07) is 14.6. The molecule has 0 fully saturated rings. The molecule has 0 bridgehead atoms. The van der Waals surface area contributed by atoms with Gasteiger partial charge in [0.25, 0.3) is 0 Å². The SMILES string of the molecule is CS(=O)(=O)c1ccccc1-c1nc2cc(F)ccc2cc1CCNc1nc(N)nc(N)c1C#N. The number of sulfone groups is 1. The number of nitriles is 1. The minimum absolute atomic E-state index is 0.0327. The van der Waals surface area contributed by atoms with Crippen molar-refractivity contribution >= 4 is 38.3 Å². The maximum absolute atomic E-state index is 13.9. The van der Waals surface area contributed by atoms with Crippen molar-refractivity contribution in [3.8, 4) is 17.3 Å². The number of halogens is 1. The van der Waals surface area contributed by atoms with E-state index in [1.807, 2.05) is 12.1 Å². The highest BCUT2D eigenvalue weighted by molar-refractivity contribution is 7.90. The first-order valence-electron chi connectivity index (χ1n) is 10.1. The van der Waals surface area contributed by atoms with E-state index in [2.05, 4.69) is 20.3 Å². The monoisotopic (exact) mass is 477 g/mol. The molecule has 172 valence electrons. The second-order valence-electron chi connectivity index (χ2n) is 7.58. The normalized spacial score (nSPS) is 11.3. The van der Waals surface area contributed by atoms with E-state index in [9.17, 15) is 18.1 Å². The molecule has 9 nitrogen and oxygen atoms in total. The largest absolute Gasteiger partial charge is 0.382 e. The van der Waals surface area contributed by atoms with Crippen LogP contribution in [0.2, 0.25) is 0 Å². The summed E-state index contributed by atoms with van der Waals surface area (Å²) in [5.74, 6) is -0.355. The summed E-state index contributed by atoms with van der Waals surface area (Å²) in [5.41, 5.74) is 13.4. The van der Waals surface area contributed by atoms with Crippen molar-refractivity contribution in [3.05, 3.63) is 65.5 Å². The molecule has 11 heteroatoms. The zero-order valence-electron chi connectivity index (χ0n) is 18.1. The molecule has 2 aromatic carbocycles. The van der Waals surface area contributed by atoms with Gasteiger partial charge in [0.15, 0.2) is 15.7 Å². The van der Waals surface area contributed by atoms with E-state index in [0.29, 0.717) is 35.1 Å². The maximum Gasteiger partial charge on any atom is 0.224 e. The molecule has 34 heavy (non-hydrogen) atoms. The third kappa shape index (κ3) is 4.57. The van der Waals surface area contributed by atoms with Crippen molar-refractivity contribution < 1.29 is 12.8 Å². The van der Waals surface area contributed by atoms with Crippen LogP contribution in [0.4, 0.5) is 22.0 Å². The molecular weight excluding hydrogens is 457 g/mol. The van der Waals surface area contributed by atoms with Gasteiger partial charge in [-0.05, 0) is 36.2 Å². The van der Waals surface area contributed by atoms with Crippen LogP contribution >= 0.6 is 0 Å². The van der Waals surface area contributed by atoms with Crippen LogP contribution in [0, 0.1) is 17.1 Å². The fourth-order valence-electron chi connectivity index (χ4n) is 3.64. The van der Waals surface area contributed by atoms with Gasteiger partial charge in [-0.3, -0.25) is 0 Å². The van der Waals surface area contributed by atoms with Crippen LogP contribution in [-0.2, 0) is 16.3 Å². The van der Waals surface area contributed by atoms with Crippen molar-refractivity contribution in [2.24, 2.45) is 0 Å². The van der Waals surface area contributed by atoms with Gasteiger partial charge in [0, 0.05) is 29.8 Å². The predicted octanol–water partition coefficient (Wildman–Crippen LogP) is 2.93. The van der Waals surface area contributed by atoms with Crippen LogP contribution in [0.5, 0.6) is 0 Å². The molecule has 4 rings (SSSR count). The van der Waals surface area contributed by atoms with E-state index in [1.54, 1.807) is 24.3 Å². The Morgan fingerprint density at radius 1 is 1.09 bits per heavy atom. The zero-order valence-corrected chi connectivity index (χ0v) is 18.9. The van der Waals surface area contributed by atoms with Gasteiger partial charge in [-0.25, -0.2) is 17.8 Å². The van der Waals surface area contributed by atoms with Crippen molar-refractivity contribution in [2.75, 3.05) is 29.6 Å². The molecule has 5 N–H and O–H groups in total. The molecule has 0 spiro atoms. The number of nitrogens with one attached hydrogen (secondary N) is 1. The van der Waals surface area contributed by atoms with E-state index in [4.69, 9.17) is 11.5 Å². The van der Waals surface area contributed by atoms with Gasteiger partial charge in [0.05, 0.1) is 16.1 Å². The first-order valence-corrected chi connectivity index (χ1v) is 12.0. The van der Waals surface area contributed by atoms with Crippen molar-refractivity contribution in [1.29, 1.82) is 5.26 Å². The highest BCUT2D eigenvalue weighted by Crippen LogP contribution is 2.31. The number of fused-ring (bicyclic) bond motifs is 1. The standard InChI is InChI=1S/C23H20FN7O2S/c1-34(32,33)19-5-3-2-4-16(19)20-14(10-13-6-7-15(24)11-18(13)29-20)8-9-28-22-17(12-25)21(26)30-23(27)31-22/h2-7,10-11H,8-9H2,1H3,(H5,26,27,28,30,31). The number of aromatic nitrogens is 3. The Balaban J connectivity index is 1.78. The molecule has 0 aliphatic heterocycles. The summed E-state index contributed by atoms with van der Waals surface area (Å²) < 4.78 is 38.7. The molecule has 0 unspecified atom stereocenters. The summed E-state index contributed by atoms with van der Waals surface area (Å²) in [6.07, 6.45) is 1.50. The summed E-state index contributed by atoms with van der Waals surface area (Å²) in [5, 5.41) is 13.1. The van der Waals surface area contributed by atoms with E-state index in [-0.39, 0.29) is 28.0 Å². The molecular formula is C23H20FN7O2S. The lowest BCUT2D eigenvalue weighted by Crippen LogP contribution is -2.13. The second kappa shape index (κ2) is 8.92. The fraction of sp³-hybridized carbons (Fsp3) is 0.130. The van der Waals surface area contributed by atoms with Gasteiger partial charge in [-0.2, -0.15) is 15.2 Å². The number of hydrogen-bond acceptors (Lipinski definition) is 9. The quantitative estimate of drug-likeness (QED) is 0.379. The molecule has 2 heterocycles. The molecule has 0 aliphatic rings. The molecule has 0 saturated carbocycles. The third-order valence-corrected chi connectivity index (χ3v) is 6.31. The number of rotatable bonds is 6. The molecule has 0 saturated heterocycles. The Bertz CT molecular complexity index is 1570. The molecule has 0 radical (unpaired) electrons. The average molecular weight is 478 g/mol. The summed E-state index contributed by atoms with van der Waals surface area (Å²) in [6.45, 7) is 0.299. The first-order chi connectivity index (χ1) is 16.2. The van der Waals surface area contributed by atoms with Crippen LogP contribution in [0.1, 0.15) is 11.1 Å². The summed E-state index contributed by atoms with van der Waals surface area (Å²) in [7, 11) is -3.55.